The van der Waals surface area contributed by atoms with Crippen LogP contribution in [0.3, 0.4) is 0 Å². The number of nitrogens with zero attached hydrogens (tertiary/aromatic N) is 4. The molecule has 4 N–H and O–H groups in total. The zero-order valence-corrected chi connectivity index (χ0v) is 18.1. The van der Waals surface area contributed by atoms with Gasteiger partial charge in [0.2, 0.25) is 5.95 Å². The molecule has 0 unspecified atom stereocenters. The van der Waals surface area contributed by atoms with Crippen LogP contribution in [0.2, 0.25) is 0 Å². The van der Waals surface area contributed by atoms with Gasteiger partial charge in [0.1, 0.15) is 17.2 Å². The average Bonchev–Trinajstić information content (AvgIpc) is 2.77. The number of hydrogen-bond acceptors (Lipinski definition) is 8. The summed E-state index contributed by atoms with van der Waals surface area (Å²) in [5.74, 6) is 0.185. The summed E-state index contributed by atoms with van der Waals surface area (Å²) in [7, 11) is 1.71. The van der Waals surface area contributed by atoms with Gasteiger partial charge in [-0.2, -0.15) is 18.2 Å². The Bertz CT molecular complexity index is 1090. The molecule has 0 saturated heterocycles. The van der Waals surface area contributed by atoms with E-state index in [0.717, 1.165) is 11.8 Å². The van der Waals surface area contributed by atoms with Crippen molar-refractivity contribution >= 4 is 35.9 Å². The van der Waals surface area contributed by atoms with Crippen molar-refractivity contribution in [2.24, 2.45) is 5.73 Å². The number of thiol groups is 1. The first kappa shape index (κ1) is 23.4. The Balaban J connectivity index is 1.87. The van der Waals surface area contributed by atoms with E-state index in [9.17, 15) is 13.2 Å². The second-order valence-corrected chi connectivity index (χ2v) is 7.31. The summed E-state index contributed by atoms with van der Waals surface area (Å²) in [6, 6.07) is 10.5. The molecule has 11 heteroatoms. The van der Waals surface area contributed by atoms with Crippen LogP contribution < -0.4 is 21.3 Å². The molecule has 0 spiro atoms. The first-order valence-corrected chi connectivity index (χ1v) is 9.93. The van der Waals surface area contributed by atoms with Crippen molar-refractivity contribution in [3.05, 3.63) is 77.1 Å². The third kappa shape index (κ3) is 5.68. The van der Waals surface area contributed by atoms with E-state index in [-0.39, 0.29) is 18.3 Å². The molecule has 0 fully saturated rings. The molecule has 0 aliphatic heterocycles. The number of anilines is 4. The Kier molecular flexibility index (Phi) is 7.21. The highest BCUT2D eigenvalue weighted by Crippen LogP contribution is 2.34. The maximum atomic E-state index is 13.5. The molecular weight excluding hydrogens is 439 g/mol. The van der Waals surface area contributed by atoms with Crippen LogP contribution in [0.4, 0.5) is 36.4 Å². The van der Waals surface area contributed by atoms with Crippen molar-refractivity contribution in [2.75, 3.05) is 22.6 Å². The molecule has 3 rings (SSSR count). The summed E-state index contributed by atoms with van der Waals surface area (Å²) >= 11 is 4.20. The van der Waals surface area contributed by atoms with Crippen molar-refractivity contribution in [1.82, 2.24) is 15.0 Å². The Morgan fingerprint density at radius 3 is 2.53 bits per heavy atom. The third-order valence-electron chi connectivity index (χ3n) is 4.56. The lowest BCUT2D eigenvalue weighted by molar-refractivity contribution is -0.137. The monoisotopic (exact) mass is 461 g/mol. The molecule has 0 aliphatic rings. The number of aromatic nitrogens is 3. The minimum absolute atomic E-state index is 0.0215. The molecule has 0 bridgehead atoms. The summed E-state index contributed by atoms with van der Waals surface area (Å²) < 4.78 is 40.6. The van der Waals surface area contributed by atoms with E-state index >= 15 is 0 Å². The fraction of sp³-hybridized carbons (Fsp3) is 0.190. The SMILES string of the molecule is C=C(S)N(C)c1ncccc1CNc1nc(Nc2ccc(CN)cc2)ncc1C(F)(F)F. The number of halogens is 3. The van der Waals surface area contributed by atoms with Crippen LogP contribution in [0.1, 0.15) is 16.7 Å². The van der Waals surface area contributed by atoms with Gasteiger partial charge in [-0.1, -0.05) is 24.8 Å². The lowest BCUT2D eigenvalue weighted by Crippen LogP contribution is -2.18. The van der Waals surface area contributed by atoms with Crippen LogP contribution in [0.15, 0.2) is 60.4 Å². The van der Waals surface area contributed by atoms with E-state index in [1.54, 1.807) is 54.5 Å². The zero-order chi connectivity index (χ0) is 23.3. The Labute approximate surface area is 189 Å². The van der Waals surface area contributed by atoms with E-state index in [1.165, 1.54) is 0 Å². The molecule has 1 aromatic carbocycles. The van der Waals surface area contributed by atoms with Gasteiger partial charge in [0.15, 0.2) is 0 Å². The number of nitrogens with two attached hydrogens (primary N) is 1. The second kappa shape index (κ2) is 9.88. The maximum Gasteiger partial charge on any atom is 0.421 e. The molecule has 0 atom stereocenters. The quantitative estimate of drug-likeness (QED) is 0.366. The minimum Gasteiger partial charge on any atom is -0.365 e. The third-order valence-corrected chi connectivity index (χ3v) is 4.86. The Morgan fingerprint density at radius 2 is 1.91 bits per heavy atom. The molecule has 2 heterocycles. The largest absolute Gasteiger partial charge is 0.421 e. The van der Waals surface area contributed by atoms with Gasteiger partial charge in [-0.05, 0) is 23.8 Å². The van der Waals surface area contributed by atoms with E-state index < -0.39 is 11.7 Å². The van der Waals surface area contributed by atoms with Gasteiger partial charge in [-0.15, -0.1) is 12.6 Å². The van der Waals surface area contributed by atoms with Crippen LogP contribution in [0, 0.1) is 0 Å². The number of benzene rings is 1. The summed E-state index contributed by atoms with van der Waals surface area (Å²) in [6.45, 7) is 4.17. The molecule has 3 aromatic rings. The van der Waals surface area contributed by atoms with Crippen LogP contribution >= 0.6 is 12.6 Å². The summed E-state index contributed by atoms with van der Waals surface area (Å²) in [5, 5.41) is 6.11. The number of alkyl halides is 3. The van der Waals surface area contributed by atoms with Crippen LogP contribution in [0.25, 0.3) is 0 Å². The topological polar surface area (TPSA) is 92.0 Å². The lowest BCUT2D eigenvalue weighted by atomic mass is 10.2. The van der Waals surface area contributed by atoms with Gasteiger partial charge in [0, 0.05) is 43.8 Å². The highest BCUT2D eigenvalue weighted by molar-refractivity contribution is 7.84. The molecule has 2 aromatic heterocycles. The standard InChI is InChI=1S/C21H22F3N7S/c1-13(32)31(2)19-15(4-3-9-26-19)11-27-18-17(21(22,23)24)12-28-20(30-18)29-16-7-5-14(10-25)6-8-16/h3-9,12,32H,1,10-11,25H2,2H3,(H2,27,28,29,30). The number of rotatable bonds is 8. The highest BCUT2D eigenvalue weighted by Gasteiger charge is 2.35. The van der Waals surface area contributed by atoms with Gasteiger partial charge < -0.3 is 21.3 Å². The Hall–Kier alpha value is -3.31. The van der Waals surface area contributed by atoms with Gasteiger partial charge in [0.05, 0.1) is 5.03 Å². The molecular formula is C21H22F3N7S. The summed E-state index contributed by atoms with van der Waals surface area (Å²) in [6.07, 6.45) is -2.30. The summed E-state index contributed by atoms with van der Waals surface area (Å²) in [4.78, 5) is 13.8. The summed E-state index contributed by atoms with van der Waals surface area (Å²) in [5.41, 5.74) is 6.79. The molecule has 0 aliphatic carbocycles. The van der Waals surface area contributed by atoms with Crippen LogP contribution in [-0.4, -0.2) is 22.0 Å². The van der Waals surface area contributed by atoms with Crippen molar-refractivity contribution in [3.63, 3.8) is 0 Å². The smallest absolute Gasteiger partial charge is 0.365 e. The fourth-order valence-electron chi connectivity index (χ4n) is 2.81. The van der Waals surface area contributed by atoms with Crippen molar-refractivity contribution < 1.29 is 13.2 Å². The van der Waals surface area contributed by atoms with Crippen molar-refractivity contribution in [1.29, 1.82) is 0 Å². The maximum absolute atomic E-state index is 13.5. The first-order chi connectivity index (χ1) is 15.2. The normalized spacial score (nSPS) is 11.2. The molecule has 0 radical (unpaired) electrons. The highest BCUT2D eigenvalue weighted by atomic mass is 32.1. The molecule has 168 valence electrons. The molecule has 0 amide bonds. The van der Waals surface area contributed by atoms with E-state index in [1.807, 2.05) is 0 Å². The Morgan fingerprint density at radius 1 is 1.19 bits per heavy atom. The number of pyridine rings is 1. The van der Waals surface area contributed by atoms with Gasteiger partial charge in [-0.3, -0.25) is 0 Å². The average molecular weight is 462 g/mol. The molecule has 7 nitrogen and oxygen atoms in total. The van der Waals surface area contributed by atoms with E-state index in [0.29, 0.717) is 28.6 Å². The number of hydrogen-bond donors (Lipinski definition) is 4. The van der Waals surface area contributed by atoms with Crippen LogP contribution in [0.5, 0.6) is 0 Å². The predicted molar refractivity (Wildman–Crippen MR) is 123 cm³/mol. The van der Waals surface area contributed by atoms with Gasteiger partial charge in [-0.25, -0.2) is 9.97 Å². The minimum atomic E-state index is -4.63. The van der Waals surface area contributed by atoms with E-state index in [4.69, 9.17) is 5.73 Å². The fourth-order valence-corrected chi connectivity index (χ4v) is 2.90. The lowest BCUT2D eigenvalue weighted by Gasteiger charge is -2.21. The zero-order valence-electron chi connectivity index (χ0n) is 17.2. The number of nitrogens with one attached hydrogen (secondary N) is 2. The second-order valence-electron chi connectivity index (χ2n) is 6.79. The van der Waals surface area contributed by atoms with Crippen LogP contribution in [-0.2, 0) is 19.3 Å². The first-order valence-electron chi connectivity index (χ1n) is 9.48. The van der Waals surface area contributed by atoms with E-state index in [2.05, 4.69) is 44.8 Å². The van der Waals surface area contributed by atoms with Gasteiger partial charge in [0.25, 0.3) is 0 Å². The van der Waals surface area contributed by atoms with Gasteiger partial charge >= 0.3 is 6.18 Å². The molecule has 32 heavy (non-hydrogen) atoms. The van der Waals surface area contributed by atoms with Crippen molar-refractivity contribution in [3.8, 4) is 0 Å². The van der Waals surface area contributed by atoms with Crippen molar-refractivity contribution in [2.45, 2.75) is 19.3 Å². The predicted octanol–water partition coefficient (Wildman–Crippen LogP) is 4.54. The molecule has 0 saturated carbocycles.